The first kappa shape index (κ1) is 16.9. The third kappa shape index (κ3) is 9.61. The molecule has 0 rings (SSSR count). The molecular formula is C15H33NO. The largest absolute Gasteiger partial charge is 0.380 e. The summed E-state index contributed by atoms with van der Waals surface area (Å²) >= 11 is 0. The fourth-order valence-corrected chi connectivity index (χ4v) is 2.25. The Morgan fingerprint density at radius 2 is 1.53 bits per heavy atom. The maximum Gasteiger partial charge on any atom is 0.0696 e. The Labute approximate surface area is 109 Å². The summed E-state index contributed by atoms with van der Waals surface area (Å²) in [5.74, 6) is 0. The van der Waals surface area contributed by atoms with Crippen LogP contribution in [0.1, 0.15) is 72.1 Å². The normalized spacial score (nSPS) is 14.8. The first-order valence-corrected chi connectivity index (χ1v) is 7.52. The van der Waals surface area contributed by atoms with Crippen molar-refractivity contribution < 1.29 is 4.74 Å². The lowest BCUT2D eigenvalue weighted by Crippen LogP contribution is -2.39. The maximum atomic E-state index is 5.41. The first-order chi connectivity index (χ1) is 8.26. The van der Waals surface area contributed by atoms with Crippen molar-refractivity contribution >= 4 is 0 Å². The number of hydrogen-bond acceptors (Lipinski definition) is 2. The zero-order chi connectivity index (χ0) is 12.9. The molecule has 17 heavy (non-hydrogen) atoms. The van der Waals surface area contributed by atoms with Crippen molar-refractivity contribution in [3.8, 4) is 0 Å². The molecule has 2 nitrogen and oxygen atoms in total. The maximum absolute atomic E-state index is 5.41. The van der Waals surface area contributed by atoms with Crippen LogP contribution in [0, 0.1) is 0 Å². The Balaban J connectivity index is 3.47. The summed E-state index contributed by atoms with van der Waals surface area (Å²) in [6.45, 7) is 7.64. The zero-order valence-corrected chi connectivity index (χ0v) is 12.4. The number of nitrogens with one attached hydrogen (secondary N) is 1. The molecule has 2 heteroatoms. The summed E-state index contributed by atoms with van der Waals surface area (Å²) < 4.78 is 5.41. The molecule has 0 saturated carbocycles. The number of methoxy groups -OCH3 is 1. The summed E-state index contributed by atoms with van der Waals surface area (Å²) in [6.07, 6.45) is 11.3. The number of likely N-dealkylation sites (N-methyl/N-ethyl adjacent to an activating group) is 1. The molecule has 0 bridgehead atoms. The van der Waals surface area contributed by atoms with E-state index in [4.69, 9.17) is 4.74 Å². The lowest BCUT2D eigenvalue weighted by Gasteiger charge is -2.23. The Morgan fingerprint density at radius 3 is 2.06 bits per heavy atom. The smallest absolute Gasteiger partial charge is 0.0696 e. The van der Waals surface area contributed by atoms with Gasteiger partial charge in [-0.2, -0.15) is 0 Å². The van der Waals surface area contributed by atoms with E-state index in [1.165, 1.54) is 51.4 Å². The van der Waals surface area contributed by atoms with Crippen LogP contribution in [0.25, 0.3) is 0 Å². The van der Waals surface area contributed by atoms with Gasteiger partial charge in [0, 0.05) is 13.2 Å². The number of hydrogen-bond donors (Lipinski definition) is 1. The van der Waals surface area contributed by atoms with Crippen LogP contribution in [0.15, 0.2) is 0 Å². The minimum Gasteiger partial charge on any atom is -0.380 e. The van der Waals surface area contributed by atoms with Gasteiger partial charge in [0.25, 0.3) is 0 Å². The average Bonchev–Trinajstić information content (AvgIpc) is 2.35. The molecule has 104 valence electrons. The van der Waals surface area contributed by atoms with Gasteiger partial charge < -0.3 is 10.1 Å². The van der Waals surface area contributed by atoms with E-state index in [2.05, 4.69) is 26.1 Å². The molecule has 0 aromatic heterocycles. The predicted molar refractivity (Wildman–Crippen MR) is 76.5 cm³/mol. The quantitative estimate of drug-likeness (QED) is 0.520. The van der Waals surface area contributed by atoms with Gasteiger partial charge in [-0.25, -0.2) is 0 Å². The van der Waals surface area contributed by atoms with Crippen LogP contribution in [0.4, 0.5) is 0 Å². The molecule has 0 aliphatic carbocycles. The summed E-state index contributed by atoms with van der Waals surface area (Å²) in [6, 6.07) is 0.528. The molecule has 0 aliphatic heterocycles. The van der Waals surface area contributed by atoms with Gasteiger partial charge in [-0.1, -0.05) is 58.8 Å². The Morgan fingerprint density at radius 1 is 0.941 bits per heavy atom. The predicted octanol–water partition coefficient (Wildman–Crippen LogP) is 4.14. The lowest BCUT2D eigenvalue weighted by atomic mass is 10.0. The second kappa shape index (κ2) is 12.4. The van der Waals surface area contributed by atoms with Gasteiger partial charge in [0.1, 0.15) is 0 Å². The van der Waals surface area contributed by atoms with Crippen molar-refractivity contribution in [1.29, 1.82) is 0 Å². The molecular weight excluding hydrogens is 210 g/mol. The van der Waals surface area contributed by atoms with E-state index in [9.17, 15) is 0 Å². The molecule has 0 spiro atoms. The Bertz CT molecular complexity index is 150. The van der Waals surface area contributed by atoms with Gasteiger partial charge in [0.15, 0.2) is 0 Å². The molecule has 0 saturated heterocycles. The Hall–Kier alpha value is -0.0800. The van der Waals surface area contributed by atoms with Gasteiger partial charge in [-0.3, -0.25) is 0 Å². The van der Waals surface area contributed by atoms with E-state index < -0.39 is 0 Å². The molecule has 0 aliphatic rings. The third-order valence-corrected chi connectivity index (χ3v) is 3.52. The minimum absolute atomic E-state index is 0.329. The van der Waals surface area contributed by atoms with Crippen LogP contribution in [0.2, 0.25) is 0 Å². The summed E-state index contributed by atoms with van der Waals surface area (Å²) in [5.41, 5.74) is 0. The average molecular weight is 243 g/mol. The zero-order valence-electron chi connectivity index (χ0n) is 12.4. The third-order valence-electron chi connectivity index (χ3n) is 3.52. The highest BCUT2D eigenvalue weighted by Gasteiger charge is 2.14. The van der Waals surface area contributed by atoms with Crippen LogP contribution in [-0.2, 0) is 4.74 Å². The second-order valence-electron chi connectivity index (χ2n) is 5.01. The highest BCUT2D eigenvalue weighted by atomic mass is 16.5. The summed E-state index contributed by atoms with van der Waals surface area (Å²) in [7, 11) is 1.81. The number of ether oxygens (including phenoxy) is 1. The van der Waals surface area contributed by atoms with E-state index in [0.29, 0.717) is 12.1 Å². The molecule has 0 fully saturated rings. The molecule has 2 unspecified atom stereocenters. The van der Waals surface area contributed by atoms with E-state index in [-0.39, 0.29) is 0 Å². The Kier molecular flexibility index (Phi) is 12.3. The SMILES string of the molecule is CCCCCCCCCC(NCC)C(C)OC. The van der Waals surface area contributed by atoms with E-state index in [0.717, 1.165) is 6.54 Å². The highest BCUT2D eigenvalue weighted by molar-refractivity contribution is 4.72. The molecule has 2 atom stereocenters. The van der Waals surface area contributed by atoms with E-state index in [1.54, 1.807) is 7.11 Å². The first-order valence-electron chi connectivity index (χ1n) is 7.52. The monoisotopic (exact) mass is 243 g/mol. The van der Waals surface area contributed by atoms with Crippen molar-refractivity contribution in [2.45, 2.75) is 84.3 Å². The van der Waals surface area contributed by atoms with Crippen LogP contribution in [0.5, 0.6) is 0 Å². The van der Waals surface area contributed by atoms with Crippen LogP contribution in [0.3, 0.4) is 0 Å². The summed E-state index contributed by atoms with van der Waals surface area (Å²) in [4.78, 5) is 0. The molecule has 1 N–H and O–H groups in total. The number of unbranched alkanes of at least 4 members (excludes halogenated alkanes) is 6. The molecule has 0 radical (unpaired) electrons. The van der Waals surface area contributed by atoms with Crippen molar-refractivity contribution in [3.63, 3.8) is 0 Å². The summed E-state index contributed by atoms with van der Waals surface area (Å²) in [5, 5.41) is 3.52. The van der Waals surface area contributed by atoms with Gasteiger partial charge in [-0.15, -0.1) is 0 Å². The molecule has 0 aromatic rings. The fraction of sp³-hybridized carbons (Fsp3) is 1.00. The standard InChI is InChI=1S/C15H33NO/c1-5-7-8-9-10-11-12-13-15(16-6-2)14(3)17-4/h14-16H,5-13H2,1-4H3. The van der Waals surface area contributed by atoms with Crippen molar-refractivity contribution in [2.24, 2.45) is 0 Å². The van der Waals surface area contributed by atoms with Crippen LogP contribution < -0.4 is 5.32 Å². The van der Waals surface area contributed by atoms with Crippen molar-refractivity contribution in [1.82, 2.24) is 5.32 Å². The van der Waals surface area contributed by atoms with Crippen molar-refractivity contribution in [3.05, 3.63) is 0 Å². The molecule has 0 aromatic carbocycles. The minimum atomic E-state index is 0.329. The fourth-order valence-electron chi connectivity index (χ4n) is 2.25. The molecule has 0 heterocycles. The second-order valence-corrected chi connectivity index (χ2v) is 5.01. The molecule has 0 amide bonds. The van der Waals surface area contributed by atoms with Crippen LogP contribution in [-0.4, -0.2) is 25.8 Å². The van der Waals surface area contributed by atoms with Crippen molar-refractivity contribution in [2.75, 3.05) is 13.7 Å². The number of rotatable bonds is 12. The van der Waals surface area contributed by atoms with Gasteiger partial charge in [0.2, 0.25) is 0 Å². The van der Waals surface area contributed by atoms with E-state index in [1.807, 2.05) is 0 Å². The van der Waals surface area contributed by atoms with E-state index >= 15 is 0 Å². The highest BCUT2D eigenvalue weighted by Crippen LogP contribution is 2.12. The van der Waals surface area contributed by atoms with Gasteiger partial charge >= 0.3 is 0 Å². The van der Waals surface area contributed by atoms with Gasteiger partial charge in [-0.05, 0) is 19.9 Å². The van der Waals surface area contributed by atoms with Crippen LogP contribution >= 0.6 is 0 Å². The van der Waals surface area contributed by atoms with Gasteiger partial charge in [0.05, 0.1) is 6.10 Å². The topological polar surface area (TPSA) is 21.3 Å². The lowest BCUT2D eigenvalue weighted by molar-refractivity contribution is 0.0796.